The van der Waals surface area contributed by atoms with Crippen LogP contribution in [0.2, 0.25) is 0 Å². The average molecular weight is 345 g/mol. The van der Waals surface area contributed by atoms with Gasteiger partial charge < -0.3 is 10.4 Å². The smallest absolute Gasteiger partial charge is 0.179 e. The molecular formula is C19H23NO3S. The molecule has 4 nitrogen and oxygen atoms in total. The summed E-state index contributed by atoms with van der Waals surface area (Å²) in [5.41, 5.74) is 3.21. The molecule has 1 aliphatic carbocycles. The highest BCUT2D eigenvalue weighted by atomic mass is 32.2. The molecule has 0 fully saturated rings. The molecular weight excluding hydrogens is 322 g/mol. The molecule has 2 aromatic carbocycles. The summed E-state index contributed by atoms with van der Waals surface area (Å²) >= 11 is 0. The second-order valence-corrected chi connectivity index (χ2v) is 8.64. The minimum atomic E-state index is -3.36. The molecule has 0 aliphatic heterocycles. The fraction of sp³-hybridized carbons (Fsp3) is 0.368. The number of aryl methyl sites for hydroxylation is 1. The molecule has 0 bridgehead atoms. The fourth-order valence-corrected chi connectivity index (χ4v) is 4.80. The maximum absolute atomic E-state index is 12.6. The molecule has 0 spiro atoms. The third-order valence-corrected chi connectivity index (χ3v) is 6.45. The zero-order valence-corrected chi connectivity index (χ0v) is 14.8. The van der Waals surface area contributed by atoms with Crippen LogP contribution in [0.25, 0.3) is 0 Å². The summed E-state index contributed by atoms with van der Waals surface area (Å²) in [5, 5.41) is 13.6. The van der Waals surface area contributed by atoms with Crippen molar-refractivity contribution < 1.29 is 13.5 Å². The van der Waals surface area contributed by atoms with Crippen molar-refractivity contribution in [2.75, 3.05) is 5.75 Å². The molecule has 3 rings (SSSR count). The van der Waals surface area contributed by atoms with Gasteiger partial charge in [0, 0.05) is 12.5 Å². The highest BCUT2D eigenvalue weighted by Crippen LogP contribution is 2.31. The monoisotopic (exact) mass is 345 g/mol. The Hall–Kier alpha value is -1.69. The molecule has 3 unspecified atom stereocenters. The Kier molecular flexibility index (Phi) is 4.76. The van der Waals surface area contributed by atoms with E-state index in [1.807, 2.05) is 50.2 Å². The van der Waals surface area contributed by atoms with Gasteiger partial charge in [0.1, 0.15) is 0 Å². The largest absolute Gasteiger partial charge is 0.391 e. The number of hydrogen-bond donors (Lipinski definition) is 2. The predicted octanol–water partition coefficient (Wildman–Crippen LogP) is 2.41. The van der Waals surface area contributed by atoms with Crippen LogP contribution in [-0.2, 0) is 16.3 Å². The van der Waals surface area contributed by atoms with Crippen molar-refractivity contribution >= 4 is 9.84 Å². The summed E-state index contributed by atoms with van der Waals surface area (Å²) in [7, 11) is -3.36. The van der Waals surface area contributed by atoms with E-state index in [4.69, 9.17) is 0 Å². The molecule has 128 valence electrons. The number of fused-ring (bicyclic) bond motifs is 1. The van der Waals surface area contributed by atoms with E-state index in [0.29, 0.717) is 11.3 Å². The zero-order valence-electron chi connectivity index (χ0n) is 13.9. The Bertz CT molecular complexity index is 815. The third kappa shape index (κ3) is 3.53. The summed E-state index contributed by atoms with van der Waals surface area (Å²) < 4.78 is 25.1. The van der Waals surface area contributed by atoms with Gasteiger partial charge in [-0.3, -0.25) is 0 Å². The topological polar surface area (TPSA) is 66.4 Å². The number of hydrogen-bond acceptors (Lipinski definition) is 4. The van der Waals surface area contributed by atoms with Crippen molar-refractivity contribution in [1.82, 2.24) is 5.32 Å². The first-order valence-electron chi connectivity index (χ1n) is 8.18. The lowest BCUT2D eigenvalue weighted by molar-refractivity contribution is 0.137. The average Bonchev–Trinajstić information content (AvgIpc) is 2.83. The molecule has 0 heterocycles. The second kappa shape index (κ2) is 6.67. The van der Waals surface area contributed by atoms with Crippen LogP contribution in [0.5, 0.6) is 0 Å². The molecule has 0 radical (unpaired) electrons. The van der Waals surface area contributed by atoms with E-state index in [-0.39, 0.29) is 17.8 Å². The number of benzene rings is 2. The van der Waals surface area contributed by atoms with Gasteiger partial charge in [-0.2, -0.15) is 0 Å². The van der Waals surface area contributed by atoms with Crippen molar-refractivity contribution in [3.63, 3.8) is 0 Å². The molecule has 2 aromatic rings. The SMILES string of the molecule is Cc1ccc(S(=O)(=O)CC(C)NC2c3ccccc3CC2O)cc1. The van der Waals surface area contributed by atoms with Gasteiger partial charge in [-0.05, 0) is 37.1 Å². The number of aliphatic hydroxyl groups excluding tert-OH is 1. The standard InChI is InChI=1S/C19H23NO3S/c1-13-7-9-16(10-8-13)24(22,23)12-14(2)20-19-17-6-4-3-5-15(17)11-18(19)21/h3-10,14,18-21H,11-12H2,1-2H3. The maximum Gasteiger partial charge on any atom is 0.179 e. The van der Waals surface area contributed by atoms with Gasteiger partial charge in [0.25, 0.3) is 0 Å². The Morgan fingerprint density at radius 3 is 2.54 bits per heavy atom. The van der Waals surface area contributed by atoms with Crippen molar-refractivity contribution in [2.24, 2.45) is 0 Å². The number of nitrogens with one attached hydrogen (secondary N) is 1. The molecule has 0 saturated carbocycles. The minimum Gasteiger partial charge on any atom is -0.391 e. The van der Waals surface area contributed by atoms with E-state index < -0.39 is 15.9 Å². The molecule has 24 heavy (non-hydrogen) atoms. The Morgan fingerprint density at radius 1 is 1.17 bits per heavy atom. The molecule has 0 amide bonds. The first kappa shape index (κ1) is 17.1. The molecule has 0 saturated heterocycles. The van der Waals surface area contributed by atoms with Gasteiger partial charge in [0.05, 0.1) is 22.8 Å². The highest BCUT2D eigenvalue weighted by Gasteiger charge is 2.32. The van der Waals surface area contributed by atoms with Crippen LogP contribution in [0.1, 0.15) is 29.7 Å². The van der Waals surface area contributed by atoms with Crippen LogP contribution < -0.4 is 5.32 Å². The Labute approximate surface area is 143 Å². The normalized spacial score (nSPS) is 21.5. The van der Waals surface area contributed by atoms with Crippen molar-refractivity contribution in [1.29, 1.82) is 0 Å². The van der Waals surface area contributed by atoms with E-state index in [1.165, 1.54) is 0 Å². The van der Waals surface area contributed by atoms with Crippen LogP contribution in [0, 0.1) is 6.92 Å². The van der Waals surface area contributed by atoms with Crippen molar-refractivity contribution in [3.05, 3.63) is 65.2 Å². The maximum atomic E-state index is 12.6. The molecule has 0 aromatic heterocycles. The van der Waals surface area contributed by atoms with Crippen LogP contribution in [0.15, 0.2) is 53.4 Å². The van der Waals surface area contributed by atoms with E-state index >= 15 is 0 Å². The Balaban J connectivity index is 1.72. The summed E-state index contributed by atoms with van der Waals surface area (Å²) in [6, 6.07) is 14.3. The first-order chi connectivity index (χ1) is 11.4. The zero-order chi connectivity index (χ0) is 17.3. The molecule has 1 aliphatic rings. The van der Waals surface area contributed by atoms with Gasteiger partial charge in [0.15, 0.2) is 9.84 Å². The van der Waals surface area contributed by atoms with Gasteiger partial charge in [-0.15, -0.1) is 0 Å². The lowest BCUT2D eigenvalue weighted by atomic mass is 10.1. The molecule has 5 heteroatoms. The summed E-state index contributed by atoms with van der Waals surface area (Å²) in [6.07, 6.45) is 0.0811. The van der Waals surface area contributed by atoms with Crippen LogP contribution >= 0.6 is 0 Å². The van der Waals surface area contributed by atoms with Gasteiger partial charge in [-0.1, -0.05) is 42.0 Å². The summed E-state index contributed by atoms with van der Waals surface area (Å²) in [5.74, 6) is 0.00144. The van der Waals surface area contributed by atoms with Gasteiger partial charge in [0.2, 0.25) is 0 Å². The predicted molar refractivity (Wildman–Crippen MR) is 94.7 cm³/mol. The Morgan fingerprint density at radius 2 is 1.83 bits per heavy atom. The number of rotatable bonds is 5. The van der Waals surface area contributed by atoms with Crippen LogP contribution in [0.3, 0.4) is 0 Å². The van der Waals surface area contributed by atoms with Gasteiger partial charge in [-0.25, -0.2) is 8.42 Å². The van der Waals surface area contributed by atoms with Crippen LogP contribution in [0.4, 0.5) is 0 Å². The summed E-state index contributed by atoms with van der Waals surface area (Å²) in [6.45, 7) is 3.78. The number of sulfone groups is 1. The first-order valence-corrected chi connectivity index (χ1v) is 9.83. The lowest BCUT2D eigenvalue weighted by Crippen LogP contribution is -2.39. The van der Waals surface area contributed by atoms with E-state index in [9.17, 15) is 13.5 Å². The summed E-state index contributed by atoms with van der Waals surface area (Å²) in [4.78, 5) is 0.342. The fourth-order valence-electron chi connectivity index (χ4n) is 3.30. The van der Waals surface area contributed by atoms with E-state index in [2.05, 4.69) is 5.32 Å². The van der Waals surface area contributed by atoms with E-state index in [1.54, 1.807) is 12.1 Å². The highest BCUT2D eigenvalue weighted by molar-refractivity contribution is 7.91. The third-order valence-electron chi connectivity index (χ3n) is 4.52. The lowest BCUT2D eigenvalue weighted by Gasteiger charge is -2.23. The van der Waals surface area contributed by atoms with Gasteiger partial charge >= 0.3 is 0 Å². The molecule has 2 N–H and O–H groups in total. The van der Waals surface area contributed by atoms with Crippen LogP contribution in [-0.4, -0.2) is 31.4 Å². The van der Waals surface area contributed by atoms with E-state index in [0.717, 1.165) is 16.7 Å². The minimum absolute atomic E-state index is 0.00144. The van der Waals surface area contributed by atoms with Crippen molar-refractivity contribution in [2.45, 2.75) is 43.4 Å². The number of aliphatic hydroxyl groups is 1. The quantitative estimate of drug-likeness (QED) is 0.873. The van der Waals surface area contributed by atoms with Crippen molar-refractivity contribution in [3.8, 4) is 0 Å². The molecule has 3 atom stereocenters. The second-order valence-electron chi connectivity index (χ2n) is 6.61.